The van der Waals surface area contributed by atoms with E-state index >= 15 is 0 Å². The third-order valence-corrected chi connectivity index (χ3v) is 3.07. The van der Waals surface area contributed by atoms with Gasteiger partial charge in [0.1, 0.15) is 0 Å². The van der Waals surface area contributed by atoms with E-state index < -0.39 is 0 Å². The molecular formula is C12H17FN2O. The van der Waals surface area contributed by atoms with Crippen LogP contribution in [0.3, 0.4) is 0 Å². The van der Waals surface area contributed by atoms with Gasteiger partial charge >= 0.3 is 0 Å². The molecule has 88 valence electrons. The predicted molar refractivity (Wildman–Crippen MR) is 61.2 cm³/mol. The topological polar surface area (TPSA) is 24.5 Å². The lowest BCUT2D eigenvalue weighted by Crippen LogP contribution is -2.43. The highest BCUT2D eigenvalue weighted by Crippen LogP contribution is 2.26. The van der Waals surface area contributed by atoms with Crippen LogP contribution in [0.5, 0.6) is 5.75 Å². The SMILES string of the molecule is COc1cc(C2CNCCN2C)ccc1F. The molecule has 0 amide bonds. The van der Waals surface area contributed by atoms with Crippen molar-refractivity contribution in [3.8, 4) is 5.75 Å². The van der Waals surface area contributed by atoms with Crippen molar-refractivity contribution in [3.63, 3.8) is 0 Å². The molecule has 1 fully saturated rings. The first-order valence-corrected chi connectivity index (χ1v) is 5.47. The summed E-state index contributed by atoms with van der Waals surface area (Å²) in [6, 6.07) is 5.37. The summed E-state index contributed by atoms with van der Waals surface area (Å²) in [5.74, 6) is 0.00847. The van der Waals surface area contributed by atoms with Gasteiger partial charge in [-0.1, -0.05) is 6.07 Å². The quantitative estimate of drug-likeness (QED) is 0.822. The minimum atomic E-state index is -0.308. The summed E-state index contributed by atoms with van der Waals surface area (Å²) in [4.78, 5) is 2.27. The summed E-state index contributed by atoms with van der Waals surface area (Å²) < 4.78 is 18.3. The maximum absolute atomic E-state index is 13.3. The fourth-order valence-corrected chi connectivity index (χ4v) is 2.06. The van der Waals surface area contributed by atoms with Gasteiger partial charge in [0, 0.05) is 25.7 Å². The van der Waals surface area contributed by atoms with Gasteiger partial charge < -0.3 is 10.1 Å². The molecule has 0 bridgehead atoms. The smallest absolute Gasteiger partial charge is 0.165 e. The van der Waals surface area contributed by atoms with Gasteiger partial charge in [-0.3, -0.25) is 4.90 Å². The molecule has 1 aliphatic rings. The number of halogens is 1. The lowest BCUT2D eigenvalue weighted by atomic mass is 10.0. The molecule has 1 unspecified atom stereocenters. The Kier molecular flexibility index (Phi) is 3.41. The molecule has 16 heavy (non-hydrogen) atoms. The monoisotopic (exact) mass is 224 g/mol. The number of ether oxygens (including phenoxy) is 1. The number of rotatable bonds is 2. The first-order chi connectivity index (χ1) is 7.72. The molecule has 1 aliphatic heterocycles. The van der Waals surface area contributed by atoms with Crippen LogP contribution in [-0.2, 0) is 0 Å². The summed E-state index contributed by atoms with van der Waals surface area (Å²) in [6.07, 6.45) is 0. The summed E-state index contributed by atoms with van der Waals surface area (Å²) in [5.41, 5.74) is 1.09. The van der Waals surface area contributed by atoms with E-state index in [0.717, 1.165) is 25.2 Å². The molecule has 0 radical (unpaired) electrons. The summed E-state index contributed by atoms with van der Waals surface area (Å²) >= 11 is 0. The summed E-state index contributed by atoms with van der Waals surface area (Å²) in [7, 11) is 3.58. The normalized spacial score (nSPS) is 22.1. The zero-order chi connectivity index (χ0) is 11.5. The number of likely N-dealkylation sites (N-methyl/N-ethyl adjacent to an activating group) is 1. The molecule has 4 heteroatoms. The van der Waals surface area contributed by atoms with Crippen LogP contribution in [0.15, 0.2) is 18.2 Å². The van der Waals surface area contributed by atoms with Crippen LogP contribution in [0.4, 0.5) is 4.39 Å². The Labute approximate surface area is 95.2 Å². The van der Waals surface area contributed by atoms with E-state index in [0.29, 0.717) is 11.8 Å². The zero-order valence-electron chi connectivity index (χ0n) is 9.66. The van der Waals surface area contributed by atoms with Gasteiger partial charge in [0.2, 0.25) is 0 Å². The molecular weight excluding hydrogens is 207 g/mol. The second-order valence-corrected chi connectivity index (χ2v) is 4.09. The molecule has 1 saturated heterocycles. The number of methoxy groups -OCH3 is 1. The van der Waals surface area contributed by atoms with Crippen LogP contribution < -0.4 is 10.1 Å². The highest BCUT2D eigenvalue weighted by atomic mass is 19.1. The number of hydrogen-bond donors (Lipinski definition) is 1. The van der Waals surface area contributed by atoms with Crippen molar-refractivity contribution in [2.24, 2.45) is 0 Å². The van der Waals surface area contributed by atoms with Crippen LogP contribution in [0.1, 0.15) is 11.6 Å². The van der Waals surface area contributed by atoms with Crippen molar-refractivity contribution < 1.29 is 9.13 Å². The van der Waals surface area contributed by atoms with Crippen molar-refractivity contribution in [1.82, 2.24) is 10.2 Å². The second kappa shape index (κ2) is 4.80. The zero-order valence-corrected chi connectivity index (χ0v) is 9.66. The van der Waals surface area contributed by atoms with Crippen molar-refractivity contribution in [3.05, 3.63) is 29.6 Å². The van der Waals surface area contributed by atoms with E-state index in [1.807, 2.05) is 6.07 Å². The predicted octanol–water partition coefficient (Wildman–Crippen LogP) is 1.41. The molecule has 1 aromatic carbocycles. The van der Waals surface area contributed by atoms with E-state index in [9.17, 15) is 4.39 Å². The molecule has 1 N–H and O–H groups in total. The second-order valence-electron chi connectivity index (χ2n) is 4.09. The van der Waals surface area contributed by atoms with Gasteiger partial charge in [0.25, 0.3) is 0 Å². The lowest BCUT2D eigenvalue weighted by molar-refractivity contribution is 0.202. The van der Waals surface area contributed by atoms with Crippen molar-refractivity contribution in [1.29, 1.82) is 0 Å². The number of hydrogen-bond acceptors (Lipinski definition) is 3. The van der Waals surface area contributed by atoms with E-state index in [2.05, 4.69) is 17.3 Å². The van der Waals surface area contributed by atoms with Gasteiger partial charge in [-0.2, -0.15) is 0 Å². The molecule has 3 nitrogen and oxygen atoms in total. The molecule has 2 rings (SSSR count). The minimum absolute atomic E-state index is 0.295. The van der Waals surface area contributed by atoms with Gasteiger partial charge in [0.05, 0.1) is 7.11 Å². The Hall–Kier alpha value is -1.13. The minimum Gasteiger partial charge on any atom is -0.494 e. The number of piperazine rings is 1. The third-order valence-electron chi connectivity index (χ3n) is 3.07. The molecule has 0 aromatic heterocycles. The maximum atomic E-state index is 13.3. The van der Waals surface area contributed by atoms with E-state index in [1.54, 1.807) is 6.07 Å². The molecule has 1 atom stereocenters. The Morgan fingerprint density at radius 1 is 1.50 bits per heavy atom. The van der Waals surface area contributed by atoms with Crippen LogP contribution >= 0.6 is 0 Å². The fraction of sp³-hybridized carbons (Fsp3) is 0.500. The highest BCUT2D eigenvalue weighted by molar-refractivity contribution is 5.32. The largest absolute Gasteiger partial charge is 0.494 e. The number of nitrogens with one attached hydrogen (secondary N) is 1. The van der Waals surface area contributed by atoms with Gasteiger partial charge in [0.15, 0.2) is 11.6 Å². The van der Waals surface area contributed by atoms with E-state index in [4.69, 9.17) is 4.74 Å². The van der Waals surface area contributed by atoms with Crippen molar-refractivity contribution in [2.75, 3.05) is 33.8 Å². The van der Waals surface area contributed by atoms with E-state index in [1.165, 1.54) is 13.2 Å². The number of nitrogens with zero attached hydrogens (tertiary/aromatic N) is 1. The third kappa shape index (κ3) is 2.18. The van der Waals surface area contributed by atoms with E-state index in [-0.39, 0.29) is 5.82 Å². The Morgan fingerprint density at radius 3 is 3.00 bits per heavy atom. The van der Waals surface area contributed by atoms with Crippen LogP contribution in [0, 0.1) is 5.82 Å². The van der Waals surface area contributed by atoms with Gasteiger partial charge in [-0.25, -0.2) is 4.39 Å². The maximum Gasteiger partial charge on any atom is 0.165 e. The van der Waals surface area contributed by atoms with Gasteiger partial charge in [-0.15, -0.1) is 0 Å². The molecule has 0 saturated carbocycles. The Morgan fingerprint density at radius 2 is 2.31 bits per heavy atom. The van der Waals surface area contributed by atoms with Crippen LogP contribution in [-0.4, -0.2) is 38.7 Å². The average molecular weight is 224 g/mol. The average Bonchev–Trinajstić information content (AvgIpc) is 2.31. The number of benzene rings is 1. The Bertz CT molecular complexity index is 370. The van der Waals surface area contributed by atoms with Crippen molar-refractivity contribution in [2.45, 2.75) is 6.04 Å². The first-order valence-electron chi connectivity index (χ1n) is 5.47. The van der Waals surface area contributed by atoms with Gasteiger partial charge in [-0.05, 0) is 24.7 Å². The Balaban J connectivity index is 2.25. The first kappa shape index (κ1) is 11.4. The molecule has 0 spiro atoms. The molecule has 1 aromatic rings. The van der Waals surface area contributed by atoms with Crippen LogP contribution in [0.2, 0.25) is 0 Å². The standard InChI is InChI=1S/C12H17FN2O/c1-15-6-5-14-8-11(15)9-3-4-10(13)12(7-9)16-2/h3-4,7,11,14H,5-6,8H2,1-2H3. The molecule has 1 heterocycles. The highest BCUT2D eigenvalue weighted by Gasteiger charge is 2.21. The lowest BCUT2D eigenvalue weighted by Gasteiger charge is -2.33. The summed E-state index contributed by atoms with van der Waals surface area (Å²) in [6.45, 7) is 2.90. The summed E-state index contributed by atoms with van der Waals surface area (Å²) in [5, 5.41) is 3.34. The fourth-order valence-electron chi connectivity index (χ4n) is 2.06. The molecule has 0 aliphatic carbocycles. The van der Waals surface area contributed by atoms with Crippen molar-refractivity contribution >= 4 is 0 Å². The van der Waals surface area contributed by atoms with Crippen LogP contribution in [0.25, 0.3) is 0 Å².